The van der Waals surface area contributed by atoms with Crippen LogP contribution in [0.4, 0.5) is 0 Å². The maximum absolute atomic E-state index is 11.8. The number of aromatic amines is 1. The Hall–Kier alpha value is -3.55. The molecular formula is C18H19N3O10. The van der Waals surface area contributed by atoms with Gasteiger partial charge in [-0.3, -0.25) is 28.9 Å². The molecule has 0 bridgehead atoms. The first kappa shape index (κ1) is 22.1. The van der Waals surface area contributed by atoms with Crippen molar-refractivity contribution in [1.82, 2.24) is 14.5 Å². The largest absolute Gasteiger partial charge is 0.506 e. The van der Waals surface area contributed by atoms with Crippen molar-refractivity contribution in [1.29, 1.82) is 0 Å². The number of ether oxygens (including phenoxy) is 3. The lowest BCUT2D eigenvalue weighted by molar-refractivity contribution is -0.158. The minimum absolute atomic E-state index is 0.0484. The third kappa shape index (κ3) is 5.53. The quantitative estimate of drug-likeness (QED) is 0.275. The van der Waals surface area contributed by atoms with E-state index in [4.69, 9.17) is 19.3 Å². The molecule has 1 unspecified atom stereocenters. The molecule has 1 aliphatic rings. The highest BCUT2D eigenvalue weighted by atomic mass is 16.6. The molecule has 31 heavy (non-hydrogen) atoms. The second-order valence-corrected chi connectivity index (χ2v) is 6.59. The van der Waals surface area contributed by atoms with Gasteiger partial charge < -0.3 is 29.5 Å². The molecule has 166 valence electrons. The van der Waals surface area contributed by atoms with Crippen molar-refractivity contribution in [3.05, 3.63) is 57.1 Å². The van der Waals surface area contributed by atoms with E-state index in [0.717, 1.165) is 16.8 Å². The van der Waals surface area contributed by atoms with Crippen LogP contribution in [0.1, 0.15) is 18.3 Å². The number of pyridine rings is 1. The van der Waals surface area contributed by atoms with Crippen LogP contribution < -0.4 is 11.2 Å². The van der Waals surface area contributed by atoms with Crippen molar-refractivity contribution in [3.63, 3.8) is 0 Å². The number of hydrogen-bond acceptors (Lipinski definition) is 11. The Morgan fingerprint density at radius 2 is 1.87 bits per heavy atom. The Bertz CT molecular complexity index is 1050. The van der Waals surface area contributed by atoms with Gasteiger partial charge >= 0.3 is 17.6 Å². The van der Waals surface area contributed by atoms with Crippen LogP contribution in [0.25, 0.3) is 0 Å². The molecule has 3 rings (SSSR count). The molecule has 1 aliphatic heterocycles. The van der Waals surface area contributed by atoms with Crippen LogP contribution >= 0.6 is 0 Å². The first-order valence-electron chi connectivity index (χ1n) is 9.03. The predicted molar refractivity (Wildman–Crippen MR) is 98.5 cm³/mol. The molecule has 0 amide bonds. The molecule has 0 radical (unpaired) electrons. The van der Waals surface area contributed by atoms with Gasteiger partial charge in [0.15, 0.2) is 6.23 Å². The summed E-state index contributed by atoms with van der Waals surface area (Å²) in [4.78, 5) is 52.3. The number of aliphatic hydroxyl groups excluding tert-OH is 2. The van der Waals surface area contributed by atoms with Crippen molar-refractivity contribution >= 4 is 11.9 Å². The van der Waals surface area contributed by atoms with Crippen molar-refractivity contribution in [2.45, 2.75) is 37.6 Å². The summed E-state index contributed by atoms with van der Waals surface area (Å²) < 4.78 is 16.0. The topological polar surface area (TPSA) is 190 Å². The first-order chi connectivity index (χ1) is 14.7. The lowest BCUT2D eigenvalue weighted by atomic mass is 10.1. The highest BCUT2D eigenvalue weighted by molar-refractivity contribution is 5.91. The summed E-state index contributed by atoms with van der Waals surface area (Å²) in [5.74, 6) is -1.89. The van der Waals surface area contributed by atoms with E-state index in [9.17, 15) is 29.4 Å². The number of nitrogens with zero attached hydrogens (tertiary/aromatic N) is 2. The third-order valence-electron chi connectivity index (χ3n) is 4.35. The van der Waals surface area contributed by atoms with Gasteiger partial charge in [0.25, 0.3) is 5.56 Å². The third-order valence-corrected chi connectivity index (χ3v) is 4.35. The summed E-state index contributed by atoms with van der Waals surface area (Å²) in [6, 6.07) is 3.84. The van der Waals surface area contributed by atoms with Gasteiger partial charge in [0, 0.05) is 12.3 Å². The fourth-order valence-electron chi connectivity index (χ4n) is 2.78. The predicted octanol–water partition coefficient (Wildman–Crippen LogP) is -2.07. The number of carbonyl (C=O) groups is 2. The van der Waals surface area contributed by atoms with Crippen LogP contribution in [-0.4, -0.2) is 66.7 Å². The molecule has 13 heteroatoms. The van der Waals surface area contributed by atoms with E-state index in [1.54, 1.807) is 0 Å². The number of rotatable bonds is 7. The zero-order valence-electron chi connectivity index (χ0n) is 15.9. The Morgan fingerprint density at radius 1 is 1.13 bits per heavy atom. The molecule has 4 N–H and O–H groups in total. The van der Waals surface area contributed by atoms with E-state index >= 15 is 0 Å². The number of hydrogen-bond donors (Lipinski definition) is 4. The number of aromatic nitrogens is 3. The van der Waals surface area contributed by atoms with Crippen LogP contribution in [0.3, 0.4) is 0 Å². The summed E-state index contributed by atoms with van der Waals surface area (Å²) in [6.07, 6.45) is -3.97. The van der Waals surface area contributed by atoms with Crippen molar-refractivity contribution in [2.75, 3.05) is 6.61 Å². The van der Waals surface area contributed by atoms with Crippen LogP contribution in [0.2, 0.25) is 0 Å². The number of aromatic hydroxyl groups is 1. The zero-order valence-corrected chi connectivity index (χ0v) is 15.9. The van der Waals surface area contributed by atoms with E-state index in [2.05, 4.69) is 4.98 Å². The Morgan fingerprint density at radius 3 is 2.55 bits per heavy atom. The molecule has 4 atom stereocenters. The molecule has 13 nitrogen and oxygen atoms in total. The van der Waals surface area contributed by atoms with Crippen molar-refractivity contribution in [3.8, 4) is 5.75 Å². The van der Waals surface area contributed by atoms with Gasteiger partial charge in [-0.2, -0.15) is 0 Å². The van der Waals surface area contributed by atoms with E-state index in [1.807, 2.05) is 4.98 Å². The summed E-state index contributed by atoms with van der Waals surface area (Å²) in [5.41, 5.74) is -1.14. The zero-order chi connectivity index (χ0) is 22.5. The lowest BCUT2D eigenvalue weighted by Gasteiger charge is -2.16. The molecule has 0 aliphatic carbocycles. The minimum Gasteiger partial charge on any atom is -0.506 e. The molecule has 1 fully saturated rings. The van der Waals surface area contributed by atoms with Crippen LogP contribution in [-0.2, 0) is 30.4 Å². The summed E-state index contributed by atoms with van der Waals surface area (Å²) >= 11 is 0. The summed E-state index contributed by atoms with van der Waals surface area (Å²) in [7, 11) is 0. The van der Waals surface area contributed by atoms with E-state index < -0.39 is 60.8 Å². The van der Waals surface area contributed by atoms with Crippen LogP contribution in [0, 0.1) is 0 Å². The van der Waals surface area contributed by atoms with E-state index in [1.165, 1.54) is 18.3 Å². The van der Waals surface area contributed by atoms with Crippen LogP contribution in [0.15, 0.2) is 40.2 Å². The monoisotopic (exact) mass is 437 g/mol. The van der Waals surface area contributed by atoms with E-state index in [-0.39, 0.29) is 12.4 Å². The molecule has 3 heterocycles. The Kier molecular flexibility index (Phi) is 6.79. The standard InChI is InChI=1S/C18H19N3O10/c22-10-2-1-9(19-6-10)7-29-13(24)5-14(25)30-8-11-15(26)16(27)17(31-11)21-4-3-12(23)20-18(21)28/h1-4,6,11,15-17,22,26-27H,5,7-8H2,(H,20,23,28)/t11-,15-,16-,17?/m1/s1. The molecular weight excluding hydrogens is 418 g/mol. The average molecular weight is 437 g/mol. The average Bonchev–Trinajstić information content (AvgIpc) is 3.00. The highest BCUT2D eigenvalue weighted by Gasteiger charge is 2.44. The van der Waals surface area contributed by atoms with Gasteiger partial charge in [-0.25, -0.2) is 4.79 Å². The van der Waals surface area contributed by atoms with Crippen molar-refractivity contribution < 1.29 is 39.1 Å². The molecule has 2 aromatic rings. The lowest BCUT2D eigenvalue weighted by Crippen LogP contribution is -2.37. The van der Waals surface area contributed by atoms with Crippen molar-refractivity contribution in [2.24, 2.45) is 0 Å². The summed E-state index contributed by atoms with van der Waals surface area (Å²) in [6.45, 7) is -0.711. The van der Waals surface area contributed by atoms with Crippen LogP contribution in [0.5, 0.6) is 5.75 Å². The number of aliphatic hydroxyl groups is 2. The Balaban J connectivity index is 1.48. The molecule has 1 saturated heterocycles. The number of H-pyrrole nitrogens is 1. The number of nitrogens with one attached hydrogen (secondary N) is 1. The van der Waals surface area contributed by atoms with Gasteiger partial charge in [0.1, 0.15) is 43.7 Å². The minimum atomic E-state index is -1.53. The second-order valence-electron chi connectivity index (χ2n) is 6.59. The second kappa shape index (κ2) is 9.51. The fraction of sp³-hybridized carbons (Fsp3) is 0.389. The first-order valence-corrected chi connectivity index (χ1v) is 9.03. The molecule has 2 aromatic heterocycles. The molecule has 0 saturated carbocycles. The van der Waals surface area contributed by atoms with Gasteiger partial charge in [0.2, 0.25) is 0 Å². The van der Waals surface area contributed by atoms with Gasteiger partial charge in [0.05, 0.1) is 11.9 Å². The van der Waals surface area contributed by atoms with Gasteiger partial charge in [-0.15, -0.1) is 0 Å². The molecule has 0 spiro atoms. The maximum Gasteiger partial charge on any atom is 0.330 e. The van der Waals surface area contributed by atoms with E-state index in [0.29, 0.717) is 5.69 Å². The molecule has 0 aromatic carbocycles. The highest BCUT2D eigenvalue weighted by Crippen LogP contribution is 2.28. The van der Waals surface area contributed by atoms with Gasteiger partial charge in [-0.1, -0.05) is 0 Å². The summed E-state index contributed by atoms with van der Waals surface area (Å²) in [5, 5.41) is 29.3. The SMILES string of the molecule is O=C(CC(=O)OC[C@H]1OC(n2ccc(=O)[nH]c2=O)[C@H](O)[C@@H]1O)OCc1ccc(O)cn1. The number of carbonyl (C=O) groups excluding carboxylic acids is 2. The normalized spacial score (nSPS) is 22.8. The maximum atomic E-state index is 11.8. The number of esters is 2. The smallest absolute Gasteiger partial charge is 0.330 e. The fourth-order valence-corrected chi connectivity index (χ4v) is 2.78. The van der Waals surface area contributed by atoms with Gasteiger partial charge in [-0.05, 0) is 12.1 Å². The Labute approximate surface area is 173 Å².